The smallest absolute Gasteiger partial charge is 0.223 e. The maximum atomic E-state index is 13.7. The molecule has 0 aliphatic heterocycles. The average molecular weight is 249 g/mol. The van der Waals surface area contributed by atoms with Crippen LogP contribution in [0.25, 0.3) is 11.3 Å². The quantitative estimate of drug-likeness (QED) is 0.908. The molecule has 0 aliphatic rings. The van der Waals surface area contributed by atoms with Crippen LogP contribution in [-0.4, -0.2) is 16.5 Å². The molecule has 3 nitrogen and oxygen atoms in total. The van der Waals surface area contributed by atoms with Crippen molar-refractivity contribution >= 4 is 5.95 Å². The zero-order valence-corrected chi connectivity index (χ0v) is 10.2. The molecule has 0 fully saturated rings. The minimum Gasteiger partial charge on any atom is -0.354 e. The van der Waals surface area contributed by atoms with Crippen molar-refractivity contribution < 1.29 is 8.78 Å². The molecule has 18 heavy (non-hydrogen) atoms. The van der Waals surface area contributed by atoms with Crippen LogP contribution in [-0.2, 0) is 0 Å². The molecule has 5 heteroatoms. The van der Waals surface area contributed by atoms with Crippen molar-refractivity contribution in [1.29, 1.82) is 0 Å². The van der Waals surface area contributed by atoms with Crippen LogP contribution in [0.4, 0.5) is 14.7 Å². The highest BCUT2D eigenvalue weighted by Gasteiger charge is 2.10. The van der Waals surface area contributed by atoms with E-state index in [0.717, 1.165) is 6.20 Å². The molecule has 0 atom stereocenters. The van der Waals surface area contributed by atoms with Gasteiger partial charge in [-0.2, -0.15) is 0 Å². The van der Waals surface area contributed by atoms with Gasteiger partial charge in [0.1, 0.15) is 11.5 Å². The third-order valence-corrected chi connectivity index (χ3v) is 2.39. The Morgan fingerprint density at radius 1 is 1.22 bits per heavy atom. The van der Waals surface area contributed by atoms with E-state index in [1.165, 1.54) is 12.1 Å². The maximum absolute atomic E-state index is 13.7. The van der Waals surface area contributed by atoms with Gasteiger partial charge in [-0.1, -0.05) is 0 Å². The summed E-state index contributed by atoms with van der Waals surface area (Å²) in [6.07, 6.45) is 1.08. The van der Waals surface area contributed by atoms with Gasteiger partial charge in [0.2, 0.25) is 5.95 Å². The molecule has 94 valence electrons. The fraction of sp³-hybridized carbons (Fsp3) is 0.231. The SMILES string of the molecule is CCNc1ncc(F)c(-c2cc(C)cc(F)c2)n1. The van der Waals surface area contributed by atoms with Crippen LogP contribution in [0.2, 0.25) is 0 Å². The first kappa shape index (κ1) is 12.4. The lowest BCUT2D eigenvalue weighted by Crippen LogP contribution is -2.04. The lowest BCUT2D eigenvalue weighted by atomic mass is 10.1. The summed E-state index contributed by atoms with van der Waals surface area (Å²) in [5.41, 5.74) is 1.23. The molecule has 0 unspecified atom stereocenters. The van der Waals surface area contributed by atoms with Crippen molar-refractivity contribution in [3.63, 3.8) is 0 Å². The number of benzene rings is 1. The highest BCUT2D eigenvalue weighted by molar-refractivity contribution is 5.61. The molecule has 0 bridgehead atoms. The zero-order chi connectivity index (χ0) is 13.1. The van der Waals surface area contributed by atoms with Gasteiger partial charge < -0.3 is 5.32 Å². The van der Waals surface area contributed by atoms with E-state index in [-0.39, 0.29) is 5.69 Å². The van der Waals surface area contributed by atoms with Crippen LogP contribution in [0.15, 0.2) is 24.4 Å². The Bertz CT molecular complexity index is 550. The van der Waals surface area contributed by atoms with E-state index in [9.17, 15) is 8.78 Å². The van der Waals surface area contributed by atoms with Gasteiger partial charge in [-0.05, 0) is 37.6 Å². The summed E-state index contributed by atoms with van der Waals surface area (Å²) in [6.45, 7) is 4.27. The molecule has 0 amide bonds. The molecule has 1 heterocycles. The summed E-state index contributed by atoms with van der Waals surface area (Å²) >= 11 is 0. The van der Waals surface area contributed by atoms with E-state index < -0.39 is 11.6 Å². The fourth-order valence-electron chi connectivity index (χ4n) is 1.69. The Labute approximate surface area is 104 Å². The lowest BCUT2D eigenvalue weighted by molar-refractivity contribution is 0.615. The number of nitrogens with one attached hydrogen (secondary N) is 1. The molecule has 0 radical (unpaired) electrons. The average Bonchev–Trinajstić information content (AvgIpc) is 2.30. The number of nitrogens with zero attached hydrogens (tertiary/aromatic N) is 2. The summed E-state index contributed by atoms with van der Waals surface area (Å²) in [6, 6.07) is 4.33. The molecule has 1 aromatic heterocycles. The van der Waals surface area contributed by atoms with Gasteiger partial charge in [-0.15, -0.1) is 0 Å². The van der Waals surface area contributed by atoms with E-state index in [2.05, 4.69) is 15.3 Å². The molecule has 0 saturated carbocycles. The Kier molecular flexibility index (Phi) is 3.50. The summed E-state index contributed by atoms with van der Waals surface area (Å²) < 4.78 is 27.0. The predicted octanol–water partition coefficient (Wildman–Crippen LogP) is 3.16. The van der Waals surface area contributed by atoms with E-state index in [4.69, 9.17) is 0 Å². The molecule has 2 rings (SSSR count). The number of aromatic nitrogens is 2. The van der Waals surface area contributed by atoms with E-state index in [1.54, 1.807) is 13.0 Å². The Hall–Kier alpha value is -2.04. The third-order valence-electron chi connectivity index (χ3n) is 2.39. The van der Waals surface area contributed by atoms with Gasteiger partial charge in [-0.3, -0.25) is 0 Å². The number of hydrogen-bond donors (Lipinski definition) is 1. The Morgan fingerprint density at radius 2 is 2.00 bits per heavy atom. The number of halogens is 2. The fourth-order valence-corrected chi connectivity index (χ4v) is 1.69. The standard InChI is InChI=1S/C13H13F2N3/c1-3-16-13-17-7-11(15)12(18-13)9-4-8(2)5-10(14)6-9/h4-7H,3H2,1-2H3,(H,16,17,18). The second-order valence-corrected chi connectivity index (χ2v) is 3.94. The van der Waals surface area contributed by atoms with Crippen LogP contribution >= 0.6 is 0 Å². The summed E-state index contributed by atoms with van der Waals surface area (Å²) in [5, 5.41) is 2.89. The van der Waals surface area contributed by atoms with Crippen LogP contribution in [0, 0.1) is 18.6 Å². The highest BCUT2D eigenvalue weighted by Crippen LogP contribution is 2.23. The summed E-state index contributed by atoms with van der Waals surface area (Å²) in [4.78, 5) is 7.86. The topological polar surface area (TPSA) is 37.8 Å². The largest absolute Gasteiger partial charge is 0.354 e. The minimum absolute atomic E-state index is 0.101. The molecule has 0 spiro atoms. The number of hydrogen-bond acceptors (Lipinski definition) is 3. The van der Waals surface area contributed by atoms with Crippen molar-refractivity contribution in [3.05, 3.63) is 41.6 Å². The molecule has 1 N–H and O–H groups in total. The highest BCUT2D eigenvalue weighted by atomic mass is 19.1. The first-order valence-electron chi connectivity index (χ1n) is 5.64. The summed E-state index contributed by atoms with van der Waals surface area (Å²) in [5.74, 6) is -0.648. The second kappa shape index (κ2) is 5.08. The van der Waals surface area contributed by atoms with Crippen LogP contribution in [0.5, 0.6) is 0 Å². The van der Waals surface area contributed by atoms with Gasteiger partial charge in [0, 0.05) is 12.1 Å². The molecule has 1 aromatic carbocycles. The van der Waals surface area contributed by atoms with Crippen LogP contribution < -0.4 is 5.32 Å². The molecule has 0 saturated heterocycles. The van der Waals surface area contributed by atoms with Crippen molar-refractivity contribution in [2.75, 3.05) is 11.9 Å². The third kappa shape index (κ3) is 2.61. The first-order chi connectivity index (χ1) is 8.60. The molecular formula is C13H13F2N3. The van der Waals surface area contributed by atoms with Gasteiger partial charge in [0.05, 0.1) is 6.20 Å². The molecule has 2 aromatic rings. The van der Waals surface area contributed by atoms with Gasteiger partial charge in [0.15, 0.2) is 5.82 Å². The Balaban J connectivity index is 2.51. The predicted molar refractivity (Wildman–Crippen MR) is 66.3 cm³/mol. The van der Waals surface area contributed by atoms with Gasteiger partial charge >= 0.3 is 0 Å². The monoisotopic (exact) mass is 249 g/mol. The minimum atomic E-state index is -0.568. The Morgan fingerprint density at radius 3 is 2.67 bits per heavy atom. The van der Waals surface area contributed by atoms with E-state index in [0.29, 0.717) is 23.6 Å². The van der Waals surface area contributed by atoms with Crippen molar-refractivity contribution in [3.8, 4) is 11.3 Å². The van der Waals surface area contributed by atoms with Crippen molar-refractivity contribution in [1.82, 2.24) is 9.97 Å². The number of rotatable bonds is 3. The van der Waals surface area contributed by atoms with Crippen LogP contribution in [0.1, 0.15) is 12.5 Å². The van der Waals surface area contributed by atoms with Crippen molar-refractivity contribution in [2.45, 2.75) is 13.8 Å². The maximum Gasteiger partial charge on any atom is 0.223 e. The lowest BCUT2D eigenvalue weighted by Gasteiger charge is -2.07. The number of aryl methyl sites for hydroxylation is 1. The molecular weight excluding hydrogens is 236 g/mol. The van der Waals surface area contributed by atoms with E-state index in [1.807, 2.05) is 6.92 Å². The summed E-state index contributed by atoms with van der Waals surface area (Å²) in [7, 11) is 0. The first-order valence-corrected chi connectivity index (χ1v) is 5.64. The molecule has 0 aliphatic carbocycles. The van der Waals surface area contributed by atoms with E-state index >= 15 is 0 Å². The zero-order valence-electron chi connectivity index (χ0n) is 10.2. The van der Waals surface area contributed by atoms with Crippen molar-refractivity contribution in [2.24, 2.45) is 0 Å². The second-order valence-electron chi connectivity index (χ2n) is 3.94. The normalized spacial score (nSPS) is 10.4. The van der Waals surface area contributed by atoms with Gasteiger partial charge in [0.25, 0.3) is 0 Å². The van der Waals surface area contributed by atoms with Crippen LogP contribution in [0.3, 0.4) is 0 Å². The number of anilines is 1. The van der Waals surface area contributed by atoms with Gasteiger partial charge in [-0.25, -0.2) is 18.7 Å².